The molecule has 14 nitrogen and oxygen atoms in total. The molecule has 0 aliphatic rings. The molecule has 8 N–H and O–H groups in total. The van der Waals surface area contributed by atoms with Crippen molar-refractivity contribution in [2.45, 2.75) is 0 Å². The third-order valence-electron chi connectivity index (χ3n) is 0. The molecule has 19 heavy (non-hydrogen) atoms. The standard InChI is InChI=1S/2Fe.2H3N.3H2O4S/c;;;;3*1-5(2,3)4/h;;2*1H3;3*(H2,1,2,3,4)/q2*+2;;;;;/p-4. The van der Waals surface area contributed by atoms with Gasteiger partial charge in [0.25, 0.3) is 0 Å². The second-order valence-corrected chi connectivity index (χ2v) is 3.67. The van der Waals surface area contributed by atoms with Gasteiger partial charge in [-0.25, -0.2) is 0 Å². The zero-order valence-electron chi connectivity index (χ0n) is 8.83. The van der Waals surface area contributed by atoms with E-state index in [0.717, 1.165) is 0 Å². The van der Waals surface area contributed by atoms with Crippen molar-refractivity contribution in [2.24, 2.45) is 0 Å². The maximum atomic E-state index is 8.52. The fourth-order valence-corrected chi connectivity index (χ4v) is 0. The zero-order valence-corrected chi connectivity index (χ0v) is 13.5. The summed E-state index contributed by atoms with van der Waals surface area (Å²) in [6, 6.07) is 0. The molecule has 0 heterocycles. The molecule has 0 saturated heterocycles. The summed E-state index contributed by atoms with van der Waals surface area (Å²) >= 11 is 0. The third-order valence-corrected chi connectivity index (χ3v) is 0. The molecule has 0 rings (SSSR count). The predicted molar refractivity (Wildman–Crippen MR) is 43.4 cm³/mol. The Hall–Kier alpha value is 0.569. The fourth-order valence-electron chi connectivity index (χ4n) is 0. The smallest absolute Gasteiger partial charge is 0.759 e. The van der Waals surface area contributed by atoms with Crippen LogP contribution in [0.3, 0.4) is 0 Å². The van der Waals surface area contributed by atoms with Gasteiger partial charge in [-0.1, -0.05) is 0 Å². The monoisotopic (exact) mass is 436 g/mol. The fraction of sp³-hybridized carbons (Fsp3) is 0. The van der Waals surface area contributed by atoms with Crippen LogP contribution in [0.1, 0.15) is 0 Å². The molecular weight excluding hydrogens is 428 g/mol. The molecule has 0 spiro atoms. The van der Waals surface area contributed by atoms with Crippen LogP contribution in [0.5, 0.6) is 0 Å². The Labute approximate surface area is 130 Å². The first-order valence-corrected chi connectivity index (χ1v) is 6.00. The first kappa shape index (κ1) is 42.7. The van der Waals surface area contributed by atoms with Crippen molar-refractivity contribution in [1.29, 1.82) is 0 Å². The van der Waals surface area contributed by atoms with E-state index in [1.807, 2.05) is 0 Å². The Balaban J connectivity index is -0.0000000206. The molecule has 0 aliphatic carbocycles. The minimum atomic E-state index is -5.17. The summed E-state index contributed by atoms with van der Waals surface area (Å²) in [6.07, 6.45) is 0. The maximum Gasteiger partial charge on any atom is 2.00 e. The summed E-state index contributed by atoms with van der Waals surface area (Å²) in [5, 5.41) is 0. The zero-order chi connectivity index (χ0) is 13.5. The first-order chi connectivity index (χ1) is 6.00. The van der Waals surface area contributed by atoms with Crippen LogP contribution in [0.4, 0.5) is 0 Å². The molecular formula is H8Fe2N2O12S3. The van der Waals surface area contributed by atoms with Crippen molar-refractivity contribution >= 4 is 31.2 Å². The van der Waals surface area contributed by atoms with E-state index in [1.165, 1.54) is 0 Å². The topological polar surface area (TPSA) is 314 Å². The molecule has 0 aromatic rings. The second-order valence-electron chi connectivity index (χ2n) is 1.22. The number of quaternary nitrogens is 2. The third kappa shape index (κ3) is 15700. The molecule has 0 aromatic heterocycles. The molecule has 0 unspecified atom stereocenters. The molecule has 0 radical (unpaired) electrons. The molecule has 0 bridgehead atoms. The van der Waals surface area contributed by atoms with E-state index in [2.05, 4.69) is 0 Å². The molecule has 0 aliphatic heterocycles. The Morgan fingerprint density at radius 3 is 0.421 bits per heavy atom. The Kier molecular flexibility index (Phi) is 37.4. The predicted octanol–water partition coefficient (Wildman–Crippen LogP) is -3.27. The SMILES string of the molecule is O=S(=O)([O-])[O-].O=S(=O)([O-])[O-].O=S(=O)([O-])[O-].[Fe+2].[Fe+2].[NH4+].[NH4+]. The second kappa shape index (κ2) is 16.6. The van der Waals surface area contributed by atoms with Crippen LogP contribution in [0, 0.1) is 0 Å². The van der Waals surface area contributed by atoms with Crippen LogP contribution in [0.15, 0.2) is 0 Å². The molecule has 0 saturated carbocycles. The average molecular weight is 436 g/mol. The van der Waals surface area contributed by atoms with E-state index in [4.69, 9.17) is 52.6 Å². The van der Waals surface area contributed by atoms with Crippen molar-refractivity contribution < 1.29 is 86.7 Å². The first-order valence-electron chi connectivity index (χ1n) is 2.00. The van der Waals surface area contributed by atoms with Gasteiger partial charge < -0.3 is 39.6 Å². The van der Waals surface area contributed by atoms with Gasteiger partial charge in [-0.3, -0.25) is 25.3 Å². The van der Waals surface area contributed by atoms with Crippen LogP contribution in [0.2, 0.25) is 0 Å². The summed E-state index contributed by atoms with van der Waals surface area (Å²) < 4.78 is 102. The summed E-state index contributed by atoms with van der Waals surface area (Å²) in [4.78, 5) is 0. The number of hydrogen-bond acceptors (Lipinski definition) is 12. The summed E-state index contributed by atoms with van der Waals surface area (Å²) in [5.41, 5.74) is 0. The molecule has 124 valence electrons. The van der Waals surface area contributed by atoms with Gasteiger partial charge in [-0.2, -0.15) is 0 Å². The van der Waals surface area contributed by atoms with Crippen molar-refractivity contribution in [1.82, 2.24) is 12.3 Å². The Morgan fingerprint density at radius 2 is 0.421 bits per heavy atom. The maximum absolute atomic E-state index is 8.52. The van der Waals surface area contributed by atoms with Crippen molar-refractivity contribution in [2.75, 3.05) is 0 Å². The number of rotatable bonds is 0. The molecule has 0 atom stereocenters. The van der Waals surface area contributed by atoms with Crippen LogP contribution in [-0.4, -0.2) is 52.6 Å². The Bertz CT molecular complexity index is 350. The van der Waals surface area contributed by atoms with Crippen LogP contribution >= 0.6 is 0 Å². The van der Waals surface area contributed by atoms with Gasteiger partial charge in [0.2, 0.25) is 0 Å². The van der Waals surface area contributed by atoms with Gasteiger partial charge in [-0.05, 0) is 0 Å². The summed E-state index contributed by atoms with van der Waals surface area (Å²) in [7, 11) is -15.5. The quantitative estimate of drug-likeness (QED) is 0.215. The van der Waals surface area contributed by atoms with Gasteiger partial charge in [0, 0.05) is 31.2 Å². The van der Waals surface area contributed by atoms with Crippen molar-refractivity contribution in [3.8, 4) is 0 Å². The summed E-state index contributed by atoms with van der Waals surface area (Å²) in [5.74, 6) is 0. The summed E-state index contributed by atoms with van der Waals surface area (Å²) in [6.45, 7) is 0. The van der Waals surface area contributed by atoms with E-state index < -0.39 is 31.2 Å². The van der Waals surface area contributed by atoms with Gasteiger partial charge >= 0.3 is 34.1 Å². The van der Waals surface area contributed by atoms with Gasteiger partial charge in [0.1, 0.15) is 0 Å². The average Bonchev–Trinajstić information content (AvgIpc) is 1.41. The van der Waals surface area contributed by atoms with E-state index >= 15 is 0 Å². The van der Waals surface area contributed by atoms with E-state index in [-0.39, 0.29) is 46.4 Å². The molecule has 0 amide bonds. The van der Waals surface area contributed by atoms with Gasteiger partial charge in [-0.15, -0.1) is 0 Å². The minimum Gasteiger partial charge on any atom is -0.759 e. The van der Waals surface area contributed by atoms with Crippen LogP contribution in [0.25, 0.3) is 0 Å². The Morgan fingerprint density at radius 1 is 0.421 bits per heavy atom. The van der Waals surface area contributed by atoms with Crippen LogP contribution in [-0.2, 0) is 65.3 Å². The molecule has 0 aromatic carbocycles. The van der Waals surface area contributed by atoms with Crippen LogP contribution < -0.4 is 12.3 Å². The number of hydrogen-bond donors (Lipinski definition) is 2. The van der Waals surface area contributed by atoms with Gasteiger partial charge in [0.05, 0.1) is 0 Å². The van der Waals surface area contributed by atoms with E-state index in [9.17, 15) is 0 Å². The normalized spacial score (nSPS) is 9.16. The molecule has 19 heteroatoms. The van der Waals surface area contributed by atoms with Gasteiger partial charge in [0.15, 0.2) is 0 Å². The van der Waals surface area contributed by atoms with E-state index in [1.54, 1.807) is 0 Å². The van der Waals surface area contributed by atoms with Crippen molar-refractivity contribution in [3.63, 3.8) is 0 Å². The molecule has 0 fully saturated rings. The minimum absolute atomic E-state index is 0. The largest absolute Gasteiger partial charge is 2.00 e. The van der Waals surface area contributed by atoms with Crippen molar-refractivity contribution in [3.05, 3.63) is 0 Å². The van der Waals surface area contributed by atoms with E-state index in [0.29, 0.717) is 0 Å².